The summed E-state index contributed by atoms with van der Waals surface area (Å²) in [6, 6.07) is 8.80. The number of rotatable bonds is 1. The third-order valence-electron chi connectivity index (χ3n) is 2.99. The van der Waals surface area contributed by atoms with E-state index in [9.17, 15) is 13.2 Å². The molecule has 0 spiro atoms. The zero-order valence-electron chi connectivity index (χ0n) is 10.0. The Morgan fingerprint density at radius 2 is 1.75 bits per heavy atom. The molecule has 2 heterocycles. The standard InChI is InChI=1S/C14H8F3IN2/c15-14(16,17)9-3-5-10(6-4-9)20-8-11(18)13-12(20)2-1-7-19-13/h1-8H. The van der Waals surface area contributed by atoms with Crippen LogP contribution in [0.2, 0.25) is 0 Å². The third-order valence-corrected chi connectivity index (χ3v) is 3.78. The van der Waals surface area contributed by atoms with Gasteiger partial charge in [-0.3, -0.25) is 4.98 Å². The monoisotopic (exact) mass is 388 g/mol. The van der Waals surface area contributed by atoms with E-state index in [1.54, 1.807) is 12.3 Å². The Morgan fingerprint density at radius 3 is 2.40 bits per heavy atom. The summed E-state index contributed by atoms with van der Waals surface area (Å²) in [6.07, 6.45) is -0.754. The van der Waals surface area contributed by atoms with Crippen molar-refractivity contribution in [2.75, 3.05) is 0 Å². The Kier molecular flexibility index (Phi) is 3.19. The molecule has 102 valence electrons. The molecule has 0 radical (unpaired) electrons. The molecule has 0 bridgehead atoms. The highest BCUT2D eigenvalue weighted by molar-refractivity contribution is 14.1. The lowest BCUT2D eigenvalue weighted by Crippen LogP contribution is -2.04. The van der Waals surface area contributed by atoms with Gasteiger partial charge in [0.2, 0.25) is 0 Å². The fraction of sp³-hybridized carbons (Fsp3) is 0.0714. The van der Waals surface area contributed by atoms with Gasteiger partial charge in [-0.15, -0.1) is 0 Å². The van der Waals surface area contributed by atoms with Crippen LogP contribution in [0.15, 0.2) is 48.8 Å². The summed E-state index contributed by atoms with van der Waals surface area (Å²) in [6.45, 7) is 0. The largest absolute Gasteiger partial charge is 0.416 e. The van der Waals surface area contributed by atoms with Crippen molar-refractivity contribution in [3.8, 4) is 5.69 Å². The van der Waals surface area contributed by atoms with Gasteiger partial charge in [0.25, 0.3) is 0 Å². The Labute approximate surface area is 126 Å². The van der Waals surface area contributed by atoms with E-state index in [1.807, 2.05) is 16.8 Å². The summed E-state index contributed by atoms with van der Waals surface area (Å²) >= 11 is 2.16. The normalized spacial score (nSPS) is 12.0. The van der Waals surface area contributed by atoms with Crippen molar-refractivity contribution in [1.82, 2.24) is 9.55 Å². The number of halogens is 4. The average Bonchev–Trinajstić information content (AvgIpc) is 2.76. The van der Waals surface area contributed by atoms with E-state index in [0.29, 0.717) is 5.69 Å². The minimum Gasteiger partial charge on any atom is -0.314 e. The van der Waals surface area contributed by atoms with Gasteiger partial charge >= 0.3 is 6.18 Å². The molecule has 0 saturated carbocycles. The highest BCUT2D eigenvalue weighted by atomic mass is 127. The molecule has 0 saturated heterocycles. The molecule has 0 N–H and O–H groups in total. The predicted octanol–water partition coefficient (Wildman–Crippen LogP) is 4.65. The summed E-state index contributed by atoms with van der Waals surface area (Å²) in [4.78, 5) is 4.28. The van der Waals surface area contributed by atoms with Crippen LogP contribution in [0, 0.1) is 3.57 Å². The highest BCUT2D eigenvalue weighted by Gasteiger charge is 2.30. The van der Waals surface area contributed by atoms with Crippen LogP contribution >= 0.6 is 22.6 Å². The number of benzene rings is 1. The first-order chi connectivity index (χ1) is 9.47. The summed E-state index contributed by atoms with van der Waals surface area (Å²) in [5.74, 6) is 0. The molecule has 0 fully saturated rings. The maximum Gasteiger partial charge on any atom is 0.416 e. The Morgan fingerprint density at radius 1 is 1.05 bits per heavy atom. The molecular formula is C14H8F3IN2. The molecule has 0 aliphatic carbocycles. The molecule has 0 aliphatic rings. The first-order valence-corrected chi connectivity index (χ1v) is 6.84. The Bertz CT molecular complexity index is 760. The number of nitrogens with zero attached hydrogens (tertiary/aromatic N) is 2. The van der Waals surface area contributed by atoms with Crippen molar-refractivity contribution in [1.29, 1.82) is 0 Å². The highest BCUT2D eigenvalue weighted by Crippen LogP contribution is 2.30. The lowest BCUT2D eigenvalue weighted by molar-refractivity contribution is -0.137. The van der Waals surface area contributed by atoms with Gasteiger partial charge in [-0.25, -0.2) is 0 Å². The number of hydrogen-bond donors (Lipinski definition) is 0. The van der Waals surface area contributed by atoms with E-state index in [0.717, 1.165) is 26.7 Å². The minimum absolute atomic E-state index is 0.648. The molecule has 0 amide bonds. The van der Waals surface area contributed by atoms with E-state index in [4.69, 9.17) is 0 Å². The van der Waals surface area contributed by atoms with Crippen LogP contribution in [0.1, 0.15) is 5.56 Å². The van der Waals surface area contributed by atoms with Crippen molar-refractivity contribution in [3.05, 3.63) is 57.9 Å². The molecular weight excluding hydrogens is 380 g/mol. The van der Waals surface area contributed by atoms with Crippen LogP contribution in [0.3, 0.4) is 0 Å². The summed E-state index contributed by atoms with van der Waals surface area (Å²) in [5.41, 5.74) is 1.74. The molecule has 3 rings (SSSR count). The lowest BCUT2D eigenvalue weighted by Gasteiger charge is -2.09. The van der Waals surface area contributed by atoms with Gasteiger partial charge in [-0.05, 0) is 59.0 Å². The van der Waals surface area contributed by atoms with E-state index < -0.39 is 11.7 Å². The number of aromatic nitrogens is 2. The number of alkyl halides is 3. The molecule has 0 atom stereocenters. The SMILES string of the molecule is FC(F)(F)c1ccc(-n2cc(I)c3ncccc32)cc1. The van der Waals surface area contributed by atoms with Crippen LogP contribution in [-0.4, -0.2) is 9.55 Å². The van der Waals surface area contributed by atoms with E-state index in [2.05, 4.69) is 27.6 Å². The average molecular weight is 388 g/mol. The van der Waals surface area contributed by atoms with Crippen molar-refractivity contribution in [2.24, 2.45) is 0 Å². The van der Waals surface area contributed by atoms with Gasteiger partial charge in [-0.1, -0.05) is 0 Å². The second-order valence-electron chi connectivity index (χ2n) is 4.26. The van der Waals surface area contributed by atoms with E-state index in [1.165, 1.54) is 12.1 Å². The molecule has 20 heavy (non-hydrogen) atoms. The Hall–Kier alpha value is -1.57. The summed E-state index contributed by atoms with van der Waals surface area (Å²) in [7, 11) is 0. The molecule has 0 aliphatic heterocycles. The molecule has 3 aromatic rings. The topological polar surface area (TPSA) is 17.8 Å². The second-order valence-corrected chi connectivity index (χ2v) is 5.42. The van der Waals surface area contributed by atoms with Crippen LogP contribution in [0.5, 0.6) is 0 Å². The minimum atomic E-state index is -4.31. The zero-order valence-corrected chi connectivity index (χ0v) is 12.2. The van der Waals surface area contributed by atoms with Gasteiger partial charge in [-0.2, -0.15) is 13.2 Å². The van der Waals surface area contributed by atoms with Crippen molar-refractivity contribution in [2.45, 2.75) is 6.18 Å². The van der Waals surface area contributed by atoms with E-state index >= 15 is 0 Å². The molecule has 6 heteroatoms. The van der Waals surface area contributed by atoms with Gasteiger partial charge in [0.05, 0.1) is 14.7 Å². The zero-order chi connectivity index (χ0) is 14.3. The molecule has 1 aromatic carbocycles. The molecule has 0 unspecified atom stereocenters. The van der Waals surface area contributed by atoms with Crippen molar-refractivity contribution < 1.29 is 13.2 Å². The lowest BCUT2D eigenvalue weighted by atomic mass is 10.2. The van der Waals surface area contributed by atoms with Crippen molar-refractivity contribution in [3.63, 3.8) is 0 Å². The number of pyridine rings is 1. The van der Waals surface area contributed by atoms with Crippen LogP contribution in [-0.2, 0) is 6.18 Å². The second kappa shape index (κ2) is 4.76. The fourth-order valence-corrected chi connectivity index (χ4v) is 2.74. The van der Waals surface area contributed by atoms with Crippen LogP contribution in [0.25, 0.3) is 16.7 Å². The van der Waals surface area contributed by atoms with Gasteiger partial charge in [0.1, 0.15) is 5.52 Å². The van der Waals surface area contributed by atoms with Crippen LogP contribution in [0.4, 0.5) is 13.2 Å². The smallest absolute Gasteiger partial charge is 0.314 e. The van der Waals surface area contributed by atoms with Gasteiger partial charge in [0, 0.05) is 18.1 Å². The quantitative estimate of drug-likeness (QED) is 0.555. The van der Waals surface area contributed by atoms with E-state index in [-0.39, 0.29) is 0 Å². The summed E-state index contributed by atoms with van der Waals surface area (Å²) in [5, 5.41) is 0. The summed E-state index contributed by atoms with van der Waals surface area (Å²) < 4.78 is 40.5. The maximum atomic E-state index is 12.6. The van der Waals surface area contributed by atoms with Crippen molar-refractivity contribution >= 4 is 33.6 Å². The van der Waals surface area contributed by atoms with Crippen LogP contribution < -0.4 is 0 Å². The Balaban J connectivity index is 2.12. The maximum absolute atomic E-state index is 12.6. The first-order valence-electron chi connectivity index (χ1n) is 5.76. The van der Waals surface area contributed by atoms with Gasteiger partial charge in [0.15, 0.2) is 0 Å². The third kappa shape index (κ3) is 2.28. The number of fused-ring (bicyclic) bond motifs is 1. The van der Waals surface area contributed by atoms with Gasteiger partial charge < -0.3 is 4.57 Å². The number of hydrogen-bond acceptors (Lipinski definition) is 1. The predicted molar refractivity (Wildman–Crippen MR) is 78.8 cm³/mol. The fourth-order valence-electron chi connectivity index (χ4n) is 2.04. The first kappa shape index (κ1) is 13.4. The molecule has 2 aromatic heterocycles. The molecule has 2 nitrogen and oxygen atoms in total.